The van der Waals surface area contributed by atoms with Crippen LogP contribution >= 0.6 is 0 Å². The SMILES string of the molecule is CCCCCCCCCOC(=O)CCCCCCC(CCCCCCC(=O)OC(CCCCCCCC)CCCCCCCC)NC1CCOCC1. The number of nitrogens with one attached hydrogen (secondary N) is 1. The van der Waals surface area contributed by atoms with E-state index in [2.05, 4.69) is 26.1 Å². The fraction of sp³-hybridized carbons (Fsp3) is 0.957. The number of ether oxygens (including phenoxy) is 3. The summed E-state index contributed by atoms with van der Waals surface area (Å²) >= 11 is 0. The van der Waals surface area contributed by atoms with Crippen LogP contribution in [0.3, 0.4) is 0 Å². The van der Waals surface area contributed by atoms with Crippen LogP contribution in [0.2, 0.25) is 0 Å². The van der Waals surface area contributed by atoms with E-state index in [0.29, 0.717) is 31.5 Å². The van der Waals surface area contributed by atoms with Gasteiger partial charge in [-0.05, 0) is 70.6 Å². The fourth-order valence-electron chi connectivity index (χ4n) is 7.66. The van der Waals surface area contributed by atoms with Crippen molar-refractivity contribution in [3.05, 3.63) is 0 Å². The van der Waals surface area contributed by atoms with E-state index in [4.69, 9.17) is 14.2 Å². The number of rotatable bonds is 39. The Morgan fingerprint density at radius 3 is 1.42 bits per heavy atom. The van der Waals surface area contributed by atoms with Gasteiger partial charge in [0.2, 0.25) is 0 Å². The molecule has 1 heterocycles. The number of unbranched alkanes of at least 4 members (excludes halogenated alkanes) is 22. The van der Waals surface area contributed by atoms with Gasteiger partial charge in [0.25, 0.3) is 0 Å². The molecule has 1 N–H and O–H groups in total. The van der Waals surface area contributed by atoms with Crippen molar-refractivity contribution < 1.29 is 23.8 Å². The Kier molecular flexibility index (Phi) is 35.9. The summed E-state index contributed by atoms with van der Waals surface area (Å²) in [7, 11) is 0. The zero-order valence-electron chi connectivity index (χ0n) is 35.1. The summed E-state index contributed by atoms with van der Waals surface area (Å²) in [5.74, 6) is 0.0157. The van der Waals surface area contributed by atoms with Crippen LogP contribution in [-0.2, 0) is 23.8 Å². The van der Waals surface area contributed by atoms with Gasteiger partial charge in [0, 0.05) is 38.1 Å². The Morgan fingerprint density at radius 2 is 0.923 bits per heavy atom. The zero-order chi connectivity index (χ0) is 37.6. The monoisotopic (exact) mass is 736 g/mol. The lowest BCUT2D eigenvalue weighted by Crippen LogP contribution is -2.41. The van der Waals surface area contributed by atoms with E-state index < -0.39 is 0 Å². The number of hydrogen-bond acceptors (Lipinski definition) is 6. The highest BCUT2D eigenvalue weighted by Gasteiger charge is 2.18. The van der Waals surface area contributed by atoms with Crippen molar-refractivity contribution in [2.45, 2.75) is 264 Å². The lowest BCUT2D eigenvalue weighted by molar-refractivity contribution is -0.150. The van der Waals surface area contributed by atoms with E-state index in [-0.39, 0.29) is 18.0 Å². The first-order chi connectivity index (χ1) is 25.6. The van der Waals surface area contributed by atoms with Crippen LogP contribution in [0.1, 0.15) is 245 Å². The molecule has 1 atom stereocenters. The van der Waals surface area contributed by atoms with Crippen LogP contribution in [0.4, 0.5) is 0 Å². The van der Waals surface area contributed by atoms with Crippen LogP contribution < -0.4 is 5.32 Å². The molecule has 6 heteroatoms. The summed E-state index contributed by atoms with van der Waals surface area (Å²) < 4.78 is 17.2. The predicted molar refractivity (Wildman–Crippen MR) is 221 cm³/mol. The molecule has 0 amide bonds. The minimum Gasteiger partial charge on any atom is -0.466 e. The van der Waals surface area contributed by atoms with E-state index in [9.17, 15) is 9.59 Å². The largest absolute Gasteiger partial charge is 0.466 e. The highest BCUT2D eigenvalue weighted by Crippen LogP contribution is 2.20. The maximum absolute atomic E-state index is 12.8. The van der Waals surface area contributed by atoms with Gasteiger partial charge in [-0.15, -0.1) is 0 Å². The molecule has 0 aromatic carbocycles. The van der Waals surface area contributed by atoms with Crippen LogP contribution in [-0.4, -0.2) is 49.9 Å². The average Bonchev–Trinajstić information content (AvgIpc) is 3.15. The first-order valence-corrected chi connectivity index (χ1v) is 23.3. The van der Waals surface area contributed by atoms with Gasteiger partial charge in [0.1, 0.15) is 6.10 Å². The van der Waals surface area contributed by atoms with E-state index in [1.165, 1.54) is 154 Å². The average molecular weight is 736 g/mol. The molecule has 0 aromatic rings. The Balaban J connectivity index is 2.26. The highest BCUT2D eigenvalue weighted by atomic mass is 16.5. The molecule has 1 fully saturated rings. The molecule has 1 aliphatic heterocycles. The number of carbonyl (C=O) groups excluding carboxylic acids is 2. The van der Waals surface area contributed by atoms with Crippen LogP contribution in [0, 0.1) is 0 Å². The minimum absolute atomic E-state index is 0.0144. The van der Waals surface area contributed by atoms with Crippen molar-refractivity contribution in [3.8, 4) is 0 Å². The summed E-state index contributed by atoms with van der Waals surface area (Å²) in [4.78, 5) is 25.0. The molecule has 0 bridgehead atoms. The maximum atomic E-state index is 12.8. The molecular formula is C46H89NO5. The Hall–Kier alpha value is -1.14. The summed E-state index contributed by atoms with van der Waals surface area (Å²) in [5, 5.41) is 3.98. The minimum atomic E-state index is -0.0144. The van der Waals surface area contributed by atoms with Crippen LogP contribution in [0.5, 0.6) is 0 Å². The van der Waals surface area contributed by atoms with Gasteiger partial charge in [-0.3, -0.25) is 9.59 Å². The van der Waals surface area contributed by atoms with Gasteiger partial charge in [0.05, 0.1) is 6.61 Å². The van der Waals surface area contributed by atoms with Gasteiger partial charge in [-0.25, -0.2) is 0 Å². The van der Waals surface area contributed by atoms with Crippen molar-refractivity contribution in [3.63, 3.8) is 0 Å². The summed E-state index contributed by atoms with van der Waals surface area (Å²) in [6.45, 7) is 9.11. The van der Waals surface area contributed by atoms with Gasteiger partial charge < -0.3 is 19.5 Å². The highest BCUT2D eigenvalue weighted by molar-refractivity contribution is 5.69. The molecular weight excluding hydrogens is 647 g/mol. The molecule has 1 aliphatic rings. The number of hydrogen-bond donors (Lipinski definition) is 1. The topological polar surface area (TPSA) is 73.9 Å². The Labute approximate surface area is 323 Å². The van der Waals surface area contributed by atoms with E-state index in [1.54, 1.807) is 0 Å². The molecule has 1 rings (SSSR count). The Bertz CT molecular complexity index is 754. The third kappa shape index (κ3) is 32.3. The first-order valence-electron chi connectivity index (χ1n) is 23.3. The normalized spacial score (nSPS) is 14.2. The van der Waals surface area contributed by atoms with E-state index in [0.717, 1.165) is 71.0 Å². The van der Waals surface area contributed by atoms with Crippen molar-refractivity contribution >= 4 is 11.9 Å². The smallest absolute Gasteiger partial charge is 0.306 e. The zero-order valence-corrected chi connectivity index (χ0v) is 35.1. The van der Waals surface area contributed by atoms with Crippen molar-refractivity contribution in [2.24, 2.45) is 0 Å². The second kappa shape index (κ2) is 38.1. The Morgan fingerprint density at radius 1 is 0.519 bits per heavy atom. The molecule has 52 heavy (non-hydrogen) atoms. The second-order valence-electron chi connectivity index (χ2n) is 16.2. The van der Waals surface area contributed by atoms with Crippen molar-refractivity contribution in [1.82, 2.24) is 5.32 Å². The summed E-state index contributed by atoms with van der Waals surface area (Å²) in [6.07, 6.45) is 41.0. The standard InChI is InChI=1S/C46H89NO5/c1-4-7-10-13-16-23-30-39-51-45(48)35-28-21-19-24-31-42(47-43-37-40-50-41-38-43)32-25-20-22-29-36-46(49)52-44(33-26-17-14-11-8-5-2)34-27-18-15-12-9-6-3/h42-44,47H,4-41H2,1-3H3. The van der Waals surface area contributed by atoms with Crippen molar-refractivity contribution in [2.75, 3.05) is 19.8 Å². The van der Waals surface area contributed by atoms with Crippen LogP contribution in [0.15, 0.2) is 0 Å². The number of carbonyl (C=O) groups is 2. The van der Waals surface area contributed by atoms with Gasteiger partial charge in [-0.2, -0.15) is 0 Å². The molecule has 1 unspecified atom stereocenters. The lowest BCUT2D eigenvalue weighted by atomic mass is 9.98. The number of esters is 2. The molecule has 6 nitrogen and oxygen atoms in total. The molecule has 0 aliphatic carbocycles. The molecule has 0 radical (unpaired) electrons. The van der Waals surface area contributed by atoms with E-state index in [1.807, 2.05) is 0 Å². The van der Waals surface area contributed by atoms with Crippen molar-refractivity contribution in [1.29, 1.82) is 0 Å². The molecule has 308 valence electrons. The molecule has 0 spiro atoms. The van der Waals surface area contributed by atoms with Gasteiger partial charge in [-0.1, -0.05) is 162 Å². The lowest BCUT2D eigenvalue weighted by Gasteiger charge is -2.29. The second-order valence-corrected chi connectivity index (χ2v) is 16.2. The third-order valence-corrected chi connectivity index (χ3v) is 11.1. The molecule has 0 saturated carbocycles. The molecule has 0 aromatic heterocycles. The fourth-order valence-corrected chi connectivity index (χ4v) is 7.66. The summed E-state index contributed by atoms with van der Waals surface area (Å²) in [6, 6.07) is 1.12. The third-order valence-electron chi connectivity index (χ3n) is 11.1. The van der Waals surface area contributed by atoms with E-state index >= 15 is 0 Å². The summed E-state index contributed by atoms with van der Waals surface area (Å²) in [5.41, 5.74) is 0. The first kappa shape index (κ1) is 48.9. The van der Waals surface area contributed by atoms with Crippen LogP contribution in [0.25, 0.3) is 0 Å². The quantitative estimate of drug-likeness (QED) is 0.0500. The maximum Gasteiger partial charge on any atom is 0.306 e. The van der Waals surface area contributed by atoms with Gasteiger partial charge in [0.15, 0.2) is 0 Å². The predicted octanol–water partition coefficient (Wildman–Crippen LogP) is 13.5. The molecule has 1 saturated heterocycles. The van der Waals surface area contributed by atoms with Gasteiger partial charge >= 0.3 is 11.9 Å².